The van der Waals surface area contributed by atoms with Crippen LogP contribution in [0.2, 0.25) is 0 Å². The lowest BCUT2D eigenvalue weighted by Crippen LogP contribution is -2.23. The molecule has 1 atom stereocenters. The highest BCUT2D eigenvalue weighted by atomic mass is 16.3. The van der Waals surface area contributed by atoms with Gasteiger partial charge in [-0.1, -0.05) is 59.7 Å². The highest BCUT2D eigenvalue weighted by Crippen LogP contribution is 2.28. The number of hydrogen-bond acceptors (Lipinski definition) is 3. The summed E-state index contributed by atoms with van der Waals surface area (Å²) < 4.78 is 1.84. The summed E-state index contributed by atoms with van der Waals surface area (Å²) in [5.74, 6) is -0.642. The van der Waals surface area contributed by atoms with Crippen molar-refractivity contribution in [2.45, 2.75) is 26.2 Å². The van der Waals surface area contributed by atoms with E-state index in [1.165, 1.54) is 5.56 Å². The number of primary amides is 1. The fourth-order valence-corrected chi connectivity index (χ4v) is 3.73. The molecule has 0 bridgehead atoms. The van der Waals surface area contributed by atoms with Gasteiger partial charge in [-0.25, -0.2) is 4.68 Å². The van der Waals surface area contributed by atoms with Gasteiger partial charge in [-0.05, 0) is 49.7 Å². The van der Waals surface area contributed by atoms with Crippen LogP contribution in [0, 0.1) is 13.8 Å². The van der Waals surface area contributed by atoms with Gasteiger partial charge in [-0.3, -0.25) is 4.79 Å². The van der Waals surface area contributed by atoms with Gasteiger partial charge in [0.2, 0.25) is 5.91 Å². The molecule has 1 unspecified atom stereocenters. The fraction of sp³-hybridized carbons (Fsp3) is 0.154. The number of phenols is 1. The molecule has 0 spiro atoms. The molecule has 0 aliphatic carbocycles. The van der Waals surface area contributed by atoms with Gasteiger partial charge in [0.1, 0.15) is 5.75 Å². The predicted molar refractivity (Wildman–Crippen MR) is 122 cm³/mol. The van der Waals surface area contributed by atoms with Crippen molar-refractivity contribution >= 4 is 5.91 Å². The van der Waals surface area contributed by atoms with Crippen LogP contribution >= 0.6 is 0 Å². The molecule has 0 saturated heterocycles. The zero-order chi connectivity index (χ0) is 22.0. The summed E-state index contributed by atoms with van der Waals surface area (Å²) in [4.78, 5) is 12.3. The van der Waals surface area contributed by atoms with Gasteiger partial charge in [0.05, 0.1) is 23.0 Å². The van der Waals surface area contributed by atoms with Crippen molar-refractivity contribution in [3.8, 4) is 22.7 Å². The van der Waals surface area contributed by atoms with Gasteiger partial charge in [-0.2, -0.15) is 5.10 Å². The van der Waals surface area contributed by atoms with E-state index in [0.717, 1.165) is 33.8 Å². The number of hydrogen-bond donors (Lipinski definition) is 2. The molecule has 3 N–H and O–H groups in total. The summed E-state index contributed by atoms with van der Waals surface area (Å²) in [5.41, 5.74) is 12.4. The summed E-state index contributed by atoms with van der Waals surface area (Å²) in [6, 6.07) is 25.0. The van der Waals surface area contributed by atoms with Crippen LogP contribution < -0.4 is 5.73 Å². The predicted octanol–water partition coefficient (Wildman–Crippen LogP) is 4.67. The number of carbonyl (C=O) groups excluding carboxylic acids is 1. The molecule has 1 aromatic heterocycles. The SMILES string of the molecule is Cc1ccc(-c2cc(CC(C(N)=O)c3cccc(C)c3)nn2-c2ccc(O)cc2)cc1. The molecular weight excluding hydrogens is 386 g/mol. The monoisotopic (exact) mass is 411 g/mol. The maximum absolute atomic E-state index is 12.3. The molecule has 0 radical (unpaired) electrons. The average molecular weight is 412 g/mol. The van der Waals surface area contributed by atoms with Gasteiger partial charge in [0, 0.05) is 12.0 Å². The molecule has 1 heterocycles. The normalized spacial score (nSPS) is 11.9. The Hall–Kier alpha value is -3.86. The Balaban J connectivity index is 1.77. The van der Waals surface area contributed by atoms with Crippen LogP contribution in [-0.4, -0.2) is 20.8 Å². The van der Waals surface area contributed by atoms with E-state index in [4.69, 9.17) is 10.8 Å². The Bertz CT molecular complexity index is 1150. The van der Waals surface area contributed by atoms with E-state index in [2.05, 4.69) is 24.3 Å². The highest BCUT2D eigenvalue weighted by molar-refractivity contribution is 5.82. The Kier molecular flexibility index (Phi) is 5.58. The minimum Gasteiger partial charge on any atom is -0.508 e. The molecule has 0 aliphatic heterocycles. The number of phenolic OH excluding ortho intramolecular Hbond substituents is 1. The summed E-state index contributed by atoms with van der Waals surface area (Å²) in [6.45, 7) is 4.04. The van der Waals surface area contributed by atoms with E-state index < -0.39 is 5.92 Å². The minimum atomic E-state index is -0.464. The maximum atomic E-state index is 12.3. The Morgan fingerprint density at radius 3 is 2.32 bits per heavy atom. The zero-order valence-corrected chi connectivity index (χ0v) is 17.6. The molecule has 3 aromatic carbocycles. The Labute approximate surface area is 181 Å². The lowest BCUT2D eigenvalue weighted by atomic mass is 9.92. The third-order valence-corrected chi connectivity index (χ3v) is 5.40. The quantitative estimate of drug-likeness (QED) is 0.484. The number of amides is 1. The van der Waals surface area contributed by atoms with Gasteiger partial charge >= 0.3 is 0 Å². The van der Waals surface area contributed by atoms with Crippen LogP contribution in [-0.2, 0) is 11.2 Å². The van der Waals surface area contributed by atoms with Crippen molar-refractivity contribution in [1.29, 1.82) is 0 Å². The molecule has 156 valence electrons. The van der Waals surface area contributed by atoms with Crippen molar-refractivity contribution in [1.82, 2.24) is 9.78 Å². The van der Waals surface area contributed by atoms with Gasteiger partial charge in [0.25, 0.3) is 0 Å². The molecule has 4 aromatic rings. The number of rotatable bonds is 6. The van der Waals surface area contributed by atoms with Crippen LogP contribution in [0.15, 0.2) is 78.9 Å². The third-order valence-electron chi connectivity index (χ3n) is 5.40. The first-order chi connectivity index (χ1) is 14.9. The topological polar surface area (TPSA) is 81.1 Å². The Morgan fingerprint density at radius 2 is 1.68 bits per heavy atom. The standard InChI is InChI=1S/C26H25N3O2/c1-17-6-8-19(9-7-17)25-16-21(28-29(25)22-10-12-23(30)13-11-22)15-24(26(27)31)20-5-3-4-18(2)14-20/h3-14,16,24,30H,15H2,1-2H3,(H2,27,31). The number of nitrogens with two attached hydrogens (primary N) is 1. The van der Waals surface area contributed by atoms with Crippen molar-refractivity contribution < 1.29 is 9.90 Å². The van der Waals surface area contributed by atoms with Crippen LogP contribution in [0.5, 0.6) is 5.75 Å². The van der Waals surface area contributed by atoms with E-state index in [1.54, 1.807) is 12.1 Å². The Morgan fingerprint density at radius 1 is 0.968 bits per heavy atom. The fourth-order valence-electron chi connectivity index (χ4n) is 3.73. The van der Waals surface area contributed by atoms with Crippen molar-refractivity contribution in [3.05, 3.63) is 101 Å². The van der Waals surface area contributed by atoms with Crippen LogP contribution in [0.4, 0.5) is 0 Å². The summed E-state index contributed by atoms with van der Waals surface area (Å²) in [5, 5.41) is 14.5. The number of carbonyl (C=O) groups is 1. The largest absolute Gasteiger partial charge is 0.508 e. The van der Waals surface area contributed by atoms with Crippen molar-refractivity contribution in [2.75, 3.05) is 0 Å². The second-order valence-electron chi connectivity index (χ2n) is 7.89. The van der Waals surface area contributed by atoms with Crippen LogP contribution in [0.3, 0.4) is 0 Å². The van der Waals surface area contributed by atoms with Gasteiger partial charge in [0.15, 0.2) is 0 Å². The molecule has 0 aliphatic rings. The first-order valence-electron chi connectivity index (χ1n) is 10.2. The summed E-state index contributed by atoms with van der Waals surface area (Å²) >= 11 is 0. The van der Waals surface area contributed by atoms with E-state index in [9.17, 15) is 9.90 Å². The summed E-state index contributed by atoms with van der Waals surface area (Å²) in [6.07, 6.45) is 0.405. The number of aromatic hydroxyl groups is 1. The molecule has 4 rings (SSSR count). The second-order valence-corrected chi connectivity index (χ2v) is 7.89. The number of aryl methyl sites for hydroxylation is 2. The molecule has 0 fully saturated rings. The third kappa shape index (κ3) is 4.51. The van der Waals surface area contributed by atoms with Crippen LogP contribution in [0.1, 0.15) is 28.3 Å². The smallest absolute Gasteiger partial charge is 0.225 e. The number of nitrogens with zero attached hydrogens (tertiary/aromatic N) is 2. The molecule has 1 amide bonds. The van der Waals surface area contributed by atoms with Crippen molar-refractivity contribution in [2.24, 2.45) is 5.73 Å². The van der Waals surface area contributed by atoms with Gasteiger partial charge < -0.3 is 10.8 Å². The molecule has 0 saturated carbocycles. The van der Waals surface area contributed by atoms with E-state index in [-0.39, 0.29) is 11.7 Å². The molecule has 31 heavy (non-hydrogen) atoms. The average Bonchev–Trinajstić information content (AvgIpc) is 3.17. The molecule has 5 nitrogen and oxygen atoms in total. The summed E-state index contributed by atoms with van der Waals surface area (Å²) in [7, 11) is 0. The van der Waals surface area contributed by atoms with E-state index in [1.807, 2.05) is 61.0 Å². The molecule has 5 heteroatoms. The highest BCUT2D eigenvalue weighted by Gasteiger charge is 2.22. The van der Waals surface area contributed by atoms with Crippen LogP contribution in [0.25, 0.3) is 16.9 Å². The van der Waals surface area contributed by atoms with Gasteiger partial charge in [-0.15, -0.1) is 0 Å². The van der Waals surface area contributed by atoms with E-state index in [0.29, 0.717) is 6.42 Å². The van der Waals surface area contributed by atoms with Crippen molar-refractivity contribution in [3.63, 3.8) is 0 Å². The number of benzene rings is 3. The first-order valence-corrected chi connectivity index (χ1v) is 10.2. The minimum absolute atomic E-state index is 0.196. The second kappa shape index (κ2) is 8.48. The molecular formula is C26H25N3O2. The lowest BCUT2D eigenvalue weighted by Gasteiger charge is -2.13. The van der Waals surface area contributed by atoms with E-state index >= 15 is 0 Å². The maximum Gasteiger partial charge on any atom is 0.225 e. The zero-order valence-electron chi connectivity index (χ0n) is 17.6. The lowest BCUT2D eigenvalue weighted by molar-refractivity contribution is -0.119. The first kappa shape index (κ1) is 20.4. The number of aromatic nitrogens is 2.